The number of nitrogens with zero attached hydrogens (tertiary/aromatic N) is 3. The van der Waals surface area contributed by atoms with Crippen LogP contribution in [-0.4, -0.2) is 17.3 Å². The molecule has 1 aliphatic rings. The Morgan fingerprint density at radius 2 is 2.06 bits per heavy atom. The maximum atomic E-state index is 9.93. The molecule has 0 aliphatic heterocycles. The Morgan fingerprint density at radius 1 is 1.33 bits per heavy atom. The number of aliphatic hydroxyl groups excluding tert-OH is 1. The summed E-state index contributed by atoms with van der Waals surface area (Å²) >= 11 is 0. The van der Waals surface area contributed by atoms with Gasteiger partial charge in [-0.05, 0) is 42.9 Å². The van der Waals surface area contributed by atoms with E-state index < -0.39 is 6.10 Å². The van der Waals surface area contributed by atoms with Crippen LogP contribution in [0, 0.1) is 0 Å². The molecule has 1 aliphatic carbocycles. The summed E-state index contributed by atoms with van der Waals surface area (Å²) in [5.41, 5.74) is 11.9. The highest BCUT2D eigenvalue weighted by atomic mass is 16.3. The van der Waals surface area contributed by atoms with Gasteiger partial charge in [0.15, 0.2) is 0 Å². The maximum absolute atomic E-state index is 9.93. The van der Waals surface area contributed by atoms with Crippen LogP contribution in [0.4, 0.5) is 0 Å². The van der Waals surface area contributed by atoms with Crippen LogP contribution in [0.15, 0.2) is 46.6 Å². The summed E-state index contributed by atoms with van der Waals surface area (Å²) in [4.78, 5) is 2.79. The normalized spacial score (nSPS) is 23.0. The van der Waals surface area contributed by atoms with Gasteiger partial charge in [-0.1, -0.05) is 41.0 Å². The molecule has 0 amide bonds. The third-order valence-corrected chi connectivity index (χ3v) is 3.58. The summed E-state index contributed by atoms with van der Waals surface area (Å²) in [6.07, 6.45) is 1.96. The molecule has 4 heteroatoms. The average Bonchev–Trinajstić information content (AvgIpc) is 2.66. The van der Waals surface area contributed by atoms with E-state index in [9.17, 15) is 5.11 Å². The molecule has 0 bridgehead atoms. The summed E-state index contributed by atoms with van der Waals surface area (Å²) in [5.74, 6) is 0. The minimum Gasteiger partial charge on any atom is -0.388 e. The van der Waals surface area contributed by atoms with Gasteiger partial charge < -0.3 is 5.11 Å². The molecule has 0 saturated heterocycles. The highest BCUT2D eigenvalue weighted by molar-refractivity contribution is 5.28. The second-order valence-corrected chi connectivity index (χ2v) is 4.69. The van der Waals surface area contributed by atoms with Gasteiger partial charge >= 0.3 is 0 Å². The third-order valence-electron chi connectivity index (χ3n) is 3.58. The van der Waals surface area contributed by atoms with Crippen LogP contribution in [0.5, 0.6) is 0 Å². The molecule has 2 rings (SSSR count). The molecule has 1 aromatic carbocycles. The molecule has 1 aromatic rings. The van der Waals surface area contributed by atoms with Crippen LogP contribution in [-0.2, 0) is 6.42 Å². The van der Waals surface area contributed by atoms with E-state index in [0.717, 1.165) is 18.4 Å². The van der Waals surface area contributed by atoms with Gasteiger partial charge in [0.2, 0.25) is 0 Å². The van der Waals surface area contributed by atoms with Crippen molar-refractivity contribution in [3.63, 3.8) is 0 Å². The SMILES string of the molecule is CC1=C(CCc2ccccc2)C[C@@H](N=[N+]=[N-])[C@@H]1O. The van der Waals surface area contributed by atoms with Crippen molar-refractivity contribution in [2.24, 2.45) is 5.11 Å². The van der Waals surface area contributed by atoms with Gasteiger partial charge in [-0.25, -0.2) is 0 Å². The van der Waals surface area contributed by atoms with Crippen LogP contribution in [0.1, 0.15) is 25.3 Å². The maximum Gasteiger partial charge on any atom is 0.0837 e. The average molecular weight is 243 g/mol. The van der Waals surface area contributed by atoms with Crippen molar-refractivity contribution in [1.82, 2.24) is 0 Å². The number of azide groups is 1. The number of benzene rings is 1. The van der Waals surface area contributed by atoms with Crippen molar-refractivity contribution in [3.05, 3.63) is 57.5 Å². The molecular formula is C14H17N3O. The molecule has 0 aromatic heterocycles. The Labute approximate surface area is 107 Å². The number of aliphatic hydroxyl groups is 1. The van der Waals surface area contributed by atoms with Crippen molar-refractivity contribution in [2.75, 3.05) is 0 Å². The standard InChI is InChI=1S/C14H17N3O/c1-10-12(9-13(14(10)18)16-17-15)8-7-11-5-3-2-4-6-11/h2-6,13-14,18H,7-9H2,1H3/t13-,14-/m1/s1. The Morgan fingerprint density at radius 3 is 2.72 bits per heavy atom. The van der Waals surface area contributed by atoms with E-state index in [0.29, 0.717) is 6.42 Å². The van der Waals surface area contributed by atoms with Gasteiger partial charge in [0.1, 0.15) is 0 Å². The Bertz CT molecular complexity index is 489. The first-order valence-electron chi connectivity index (χ1n) is 6.17. The van der Waals surface area contributed by atoms with Gasteiger partial charge in [0, 0.05) is 4.91 Å². The zero-order chi connectivity index (χ0) is 13.0. The first-order valence-corrected chi connectivity index (χ1v) is 6.17. The molecule has 0 saturated carbocycles. The molecule has 0 unspecified atom stereocenters. The molecule has 2 atom stereocenters. The van der Waals surface area contributed by atoms with Crippen molar-refractivity contribution in [3.8, 4) is 0 Å². The molecular weight excluding hydrogens is 226 g/mol. The minimum absolute atomic E-state index is 0.319. The number of hydrogen-bond donors (Lipinski definition) is 1. The Balaban J connectivity index is 2.00. The third kappa shape index (κ3) is 2.73. The van der Waals surface area contributed by atoms with Crippen LogP contribution in [0.3, 0.4) is 0 Å². The minimum atomic E-state index is -0.605. The summed E-state index contributed by atoms with van der Waals surface area (Å²) in [6, 6.07) is 9.95. The van der Waals surface area contributed by atoms with Crippen molar-refractivity contribution in [1.29, 1.82) is 0 Å². The summed E-state index contributed by atoms with van der Waals surface area (Å²) in [6.45, 7) is 1.93. The van der Waals surface area contributed by atoms with E-state index in [-0.39, 0.29) is 6.04 Å². The topological polar surface area (TPSA) is 69.0 Å². The Kier molecular flexibility index (Phi) is 4.03. The van der Waals surface area contributed by atoms with E-state index in [4.69, 9.17) is 5.53 Å². The number of rotatable bonds is 4. The van der Waals surface area contributed by atoms with Crippen molar-refractivity contribution in [2.45, 2.75) is 38.3 Å². The van der Waals surface area contributed by atoms with Crippen LogP contribution < -0.4 is 0 Å². The van der Waals surface area contributed by atoms with Crippen molar-refractivity contribution >= 4 is 0 Å². The first kappa shape index (κ1) is 12.7. The first-order chi connectivity index (χ1) is 8.72. The predicted molar refractivity (Wildman–Crippen MR) is 71.0 cm³/mol. The second kappa shape index (κ2) is 5.71. The van der Waals surface area contributed by atoms with Crippen LogP contribution >= 0.6 is 0 Å². The smallest absolute Gasteiger partial charge is 0.0837 e. The number of aryl methyl sites for hydroxylation is 1. The quantitative estimate of drug-likeness (QED) is 0.374. The van der Waals surface area contributed by atoms with E-state index in [1.165, 1.54) is 11.1 Å². The van der Waals surface area contributed by atoms with Crippen LogP contribution in [0.25, 0.3) is 10.4 Å². The van der Waals surface area contributed by atoms with E-state index in [2.05, 4.69) is 22.2 Å². The van der Waals surface area contributed by atoms with Crippen molar-refractivity contribution < 1.29 is 5.11 Å². The molecule has 1 N–H and O–H groups in total. The lowest BCUT2D eigenvalue weighted by molar-refractivity contribution is 0.191. The lowest BCUT2D eigenvalue weighted by Crippen LogP contribution is -2.18. The van der Waals surface area contributed by atoms with Gasteiger partial charge in [-0.3, -0.25) is 0 Å². The van der Waals surface area contributed by atoms with E-state index >= 15 is 0 Å². The fourth-order valence-electron chi connectivity index (χ4n) is 2.43. The fourth-order valence-corrected chi connectivity index (χ4v) is 2.43. The van der Waals surface area contributed by atoms with Gasteiger partial charge in [0.05, 0.1) is 12.1 Å². The van der Waals surface area contributed by atoms with E-state index in [1.807, 2.05) is 25.1 Å². The monoisotopic (exact) mass is 243 g/mol. The molecule has 0 spiro atoms. The Hall–Kier alpha value is -1.77. The zero-order valence-electron chi connectivity index (χ0n) is 10.5. The largest absolute Gasteiger partial charge is 0.388 e. The lowest BCUT2D eigenvalue weighted by atomic mass is 10.0. The lowest BCUT2D eigenvalue weighted by Gasteiger charge is -2.08. The van der Waals surface area contributed by atoms with Gasteiger partial charge in [-0.15, -0.1) is 0 Å². The molecule has 94 valence electrons. The highest BCUT2D eigenvalue weighted by Crippen LogP contribution is 2.31. The molecule has 0 radical (unpaired) electrons. The summed E-state index contributed by atoms with van der Waals surface area (Å²) in [7, 11) is 0. The van der Waals surface area contributed by atoms with Crippen LogP contribution in [0.2, 0.25) is 0 Å². The second-order valence-electron chi connectivity index (χ2n) is 4.69. The van der Waals surface area contributed by atoms with Gasteiger partial charge in [0.25, 0.3) is 0 Å². The van der Waals surface area contributed by atoms with E-state index in [1.54, 1.807) is 0 Å². The summed E-state index contributed by atoms with van der Waals surface area (Å²) < 4.78 is 0. The molecule has 4 nitrogen and oxygen atoms in total. The molecule has 0 fully saturated rings. The number of hydrogen-bond acceptors (Lipinski definition) is 2. The summed E-state index contributed by atoms with van der Waals surface area (Å²) in [5, 5.41) is 13.6. The zero-order valence-corrected chi connectivity index (χ0v) is 10.5. The molecule has 18 heavy (non-hydrogen) atoms. The molecule has 0 heterocycles. The van der Waals surface area contributed by atoms with Gasteiger partial charge in [-0.2, -0.15) is 0 Å². The fraction of sp³-hybridized carbons (Fsp3) is 0.429. The predicted octanol–water partition coefficient (Wildman–Crippen LogP) is 3.38. The highest BCUT2D eigenvalue weighted by Gasteiger charge is 2.29.